The zero-order valence-electron chi connectivity index (χ0n) is 19.1. The summed E-state index contributed by atoms with van der Waals surface area (Å²) in [6.07, 6.45) is -0.662. The zero-order valence-corrected chi connectivity index (χ0v) is 19.1. The number of aromatic amines is 1. The van der Waals surface area contributed by atoms with Gasteiger partial charge >= 0.3 is 5.97 Å². The van der Waals surface area contributed by atoms with Gasteiger partial charge < -0.3 is 19.4 Å². The fourth-order valence-corrected chi connectivity index (χ4v) is 3.65. The second-order valence-corrected chi connectivity index (χ2v) is 7.70. The number of nitrogens with one attached hydrogen (secondary N) is 1. The highest BCUT2D eigenvalue weighted by Crippen LogP contribution is 2.23. The molecule has 3 aromatic rings. The number of aryl methyl sites for hydroxylation is 1. The van der Waals surface area contributed by atoms with Crippen molar-refractivity contribution in [2.75, 3.05) is 6.61 Å². The molecule has 0 bridgehead atoms. The lowest BCUT2D eigenvalue weighted by atomic mass is 10.1. The first-order valence-corrected chi connectivity index (χ1v) is 10.8. The van der Waals surface area contributed by atoms with Gasteiger partial charge in [-0.25, -0.2) is 4.79 Å². The van der Waals surface area contributed by atoms with Crippen LogP contribution in [0.2, 0.25) is 0 Å². The summed E-state index contributed by atoms with van der Waals surface area (Å²) in [6.45, 7) is 8.40. The minimum atomic E-state index is -0.662. The third-order valence-corrected chi connectivity index (χ3v) is 5.35. The Morgan fingerprint density at radius 3 is 2.22 bits per heavy atom. The Kier molecular flexibility index (Phi) is 7.71. The van der Waals surface area contributed by atoms with E-state index in [1.165, 1.54) is 0 Å². The standard InChI is InChI=1S/C26H30N2O4/c1-5-31-26(30)24-18(2)23(19(3)27-24)17-28(16-21-12-8-6-9-13-21)25(29)20(4)32-22-14-10-7-11-15-22/h6-15,20,27H,5,16-17H2,1-4H3/t20-/m0/s1. The molecule has 0 spiro atoms. The smallest absolute Gasteiger partial charge is 0.355 e. The van der Waals surface area contributed by atoms with Crippen LogP contribution in [0.25, 0.3) is 0 Å². The van der Waals surface area contributed by atoms with E-state index in [4.69, 9.17) is 9.47 Å². The Balaban J connectivity index is 1.86. The molecule has 3 rings (SSSR count). The molecule has 0 saturated carbocycles. The highest BCUT2D eigenvalue weighted by molar-refractivity contribution is 5.90. The van der Waals surface area contributed by atoms with Gasteiger partial charge in [0.1, 0.15) is 11.4 Å². The second kappa shape index (κ2) is 10.7. The lowest BCUT2D eigenvalue weighted by Crippen LogP contribution is -2.39. The van der Waals surface area contributed by atoms with Gasteiger partial charge in [-0.15, -0.1) is 0 Å². The Hall–Kier alpha value is -3.54. The van der Waals surface area contributed by atoms with Crippen molar-refractivity contribution in [2.45, 2.75) is 46.9 Å². The van der Waals surface area contributed by atoms with E-state index in [0.29, 0.717) is 31.1 Å². The molecule has 0 unspecified atom stereocenters. The van der Waals surface area contributed by atoms with Crippen molar-refractivity contribution in [3.05, 3.63) is 88.7 Å². The molecule has 2 aromatic carbocycles. The molecule has 0 fully saturated rings. The molecule has 6 heteroatoms. The first-order chi connectivity index (χ1) is 15.4. The summed E-state index contributed by atoms with van der Waals surface area (Å²) in [6, 6.07) is 19.1. The second-order valence-electron chi connectivity index (χ2n) is 7.70. The summed E-state index contributed by atoms with van der Waals surface area (Å²) in [5.74, 6) is 0.128. The minimum Gasteiger partial charge on any atom is -0.481 e. The maximum atomic E-state index is 13.4. The lowest BCUT2D eigenvalue weighted by Gasteiger charge is -2.27. The van der Waals surface area contributed by atoms with E-state index in [-0.39, 0.29) is 11.9 Å². The zero-order chi connectivity index (χ0) is 23.1. The van der Waals surface area contributed by atoms with E-state index in [1.54, 1.807) is 18.7 Å². The number of carbonyl (C=O) groups excluding carboxylic acids is 2. The SMILES string of the molecule is CCOC(=O)c1[nH]c(C)c(CN(Cc2ccccc2)C(=O)[C@H](C)Oc2ccccc2)c1C. The van der Waals surface area contributed by atoms with E-state index in [0.717, 1.165) is 22.4 Å². The van der Waals surface area contributed by atoms with Crippen molar-refractivity contribution in [3.63, 3.8) is 0 Å². The minimum absolute atomic E-state index is 0.129. The summed E-state index contributed by atoms with van der Waals surface area (Å²) >= 11 is 0. The van der Waals surface area contributed by atoms with Gasteiger partial charge in [-0.05, 0) is 56.5 Å². The van der Waals surface area contributed by atoms with Crippen LogP contribution in [-0.2, 0) is 22.6 Å². The van der Waals surface area contributed by atoms with Crippen LogP contribution in [0.3, 0.4) is 0 Å². The normalized spacial score (nSPS) is 11.6. The number of benzene rings is 2. The lowest BCUT2D eigenvalue weighted by molar-refractivity contribution is -0.139. The van der Waals surface area contributed by atoms with Crippen LogP contribution in [0.4, 0.5) is 0 Å². The molecule has 0 aliphatic heterocycles. The number of H-pyrrole nitrogens is 1. The third-order valence-electron chi connectivity index (χ3n) is 5.35. The number of carbonyl (C=O) groups is 2. The molecule has 1 atom stereocenters. The Labute approximate surface area is 189 Å². The number of para-hydroxylation sites is 1. The first kappa shape index (κ1) is 23.1. The maximum Gasteiger partial charge on any atom is 0.355 e. The van der Waals surface area contributed by atoms with Crippen molar-refractivity contribution in [2.24, 2.45) is 0 Å². The van der Waals surface area contributed by atoms with Crippen LogP contribution < -0.4 is 4.74 Å². The predicted molar refractivity (Wildman–Crippen MR) is 123 cm³/mol. The quantitative estimate of drug-likeness (QED) is 0.491. The molecule has 0 aliphatic carbocycles. The molecule has 1 aromatic heterocycles. The number of nitrogens with zero attached hydrogens (tertiary/aromatic N) is 1. The molecule has 0 saturated heterocycles. The molecular weight excluding hydrogens is 404 g/mol. The van der Waals surface area contributed by atoms with Crippen molar-refractivity contribution in [1.29, 1.82) is 0 Å². The van der Waals surface area contributed by atoms with Gasteiger partial charge in [0.25, 0.3) is 5.91 Å². The molecule has 0 radical (unpaired) electrons. The molecule has 32 heavy (non-hydrogen) atoms. The summed E-state index contributed by atoms with van der Waals surface area (Å²) in [5, 5.41) is 0. The molecule has 1 amide bonds. The first-order valence-electron chi connectivity index (χ1n) is 10.8. The van der Waals surface area contributed by atoms with Crippen LogP contribution in [0.5, 0.6) is 5.75 Å². The average Bonchev–Trinajstić information content (AvgIpc) is 3.08. The summed E-state index contributed by atoms with van der Waals surface area (Å²) in [7, 11) is 0. The number of ether oxygens (including phenoxy) is 2. The van der Waals surface area contributed by atoms with E-state index >= 15 is 0 Å². The number of esters is 1. The van der Waals surface area contributed by atoms with Crippen LogP contribution >= 0.6 is 0 Å². The topological polar surface area (TPSA) is 71.6 Å². The number of rotatable bonds is 9. The van der Waals surface area contributed by atoms with Crippen molar-refractivity contribution < 1.29 is 19.1 Å². The van der Waals surface area contributed by atoms with Gasteiger partial charge in [-0.2, -0.15) is 0 Å². The monoisotopic (exact) mass is 434 g/mol. The van der Waals surface area contributed by atoms with Gasteiger partial charge in [-0.1, -0.05) is 48.5 Å². The fraction of sp³-hybridized carbons (Fsp3) is 0.308. The Bertz CT molecular complexity index is 1040. The van der Waals surface area contributed by atoms with Gasteiger partial charge in [-0.3, -0.25) is 4.79 Å². The number of aromatic nitrogens is 1. The van der Waals surface area contributed by atoms with Crippen LogP contribution in [-0.4, -0.2) is 34.5 Å². The molecule has 0 aliphatic rings. The Morgan fingerprint density at radius 1 is 0.969 bits per heavy atom. The van der Waals surface area contributed by atoms with Gasteiger partial charge in [0.2, 0.25) is 0 Å². The number of hydrogen-bond donors (Lipinski definition) is 1. The Morgan fingerprint density at radius 2 is 1.59 bits per heavy atom. The van der Waals surface area contributed by atoms with Crippen molar-refractivity contribution in [3.8, 4) is 5.75 Å². The molecule has 1 heterocycles. The largest absolute Gasteiger partial charge is 0.481 e. The molecule has 168 valence electrons. The van der Waals surface area contributed by atoms with Gasteiger partial charge in [0.15, 0.2) is 6.10 Å². The average molecular weight is 435 g/mol. The molecular formula is C26H30N2O4. The van der Waals surface area contributed by atoms with Crippen LogP contribution in [0.1, 0.15) is 46.7 Å². The van der Waals surface area contributed by atoms with Crippen molar-refractivity contribution >= 4 is 11.9 Å². The third kappa shape index (κ3) is 5.58. The van der Waals surface area contributed by atoms with Crippen LogP contribution in [0, 0.1) is 13.8 Å². The van der Waals surface area contributed by atoms with Gasteiger partial charge in [0, 0.05) is 18.8 Å². The highest BCUT2D eigenvalue weighted by atomic mass is 16.5. The number of hydrogen-bond acceptors (Lipinski definition) is 4. The maximum absolute atomic E-state index is 13.4. The number of amides is 1. The van der Waals surface area contributed by atoms with Gasteiger partial charge in [0.05, 0.1) is 6.61 Å². The highest BCUT2D eigenvalue weighted by Gasteiger charge is 2.26. The predicted octanol–water partition coefficient (Wildman–Crippen LogP) is 4.80. The summed E-state index contributed by atoms with van der Waals surface area (Å²) in [4.78, 5) is 30.6. The summed E-state index contributed by atoms with van der Waals surface area (Å²) < 4.78 is 11.1. The molecule has 6 nitrogen and oxygen atoms in total. The van der Waals surface area contributed by atoms with Crippen LogP contribution in [0.15, 0.2) is 60.7 Å². The van der Waals surface area contributed by atoms with E-state index in [9.17, 15) is 9.59 Å². The fourth-order valence-electron chi connectivity index (χ4n) is 3.65. The van der Waals surface area contributed by atoms with Crippen molar-refractivity contribution in [1.82, 2.24) is 9.88 Å². The van der Waals surface area contributed by atoms with E-state index in [2.05, 4.69) is 4.98 Å². The van der Waals surface area contributed by atoms with E-state index < -0.39 is 6.10 Å². The molecule has 1 N–H and O–H groups in total. The summed E-state index contributed by atoms with van der Waals surface area (Å²) in [5.41, 5.74) is 3.99. The van der Waals surface area contributed by atoms with E-state index in [1.807, 2.05) is 74.5 Å².